The van der Waals surface area contributed by atoms with Gasteiger partial charge in [-0.05, 0) is 6.42 Å². The van der Waals surface area contributed by atoms with Crippen LogP contribution in [-0.4, -0.2) is 18.1 Å². The van der Waals surface area contributed by atoms with E-state index in [1.165, 1.54) is 7.11 Å². The minimum atomic E-state index is -0.201. The number of hydrogen-bond donors (Lipinski definition) is 1. The summed E-state index contributed by atoms with van der Waals surface area (Å²) >= 11 is 1.57. The summed E-state index contributed by atoms with van der Waals surface area (Å²) < 4.78 is 4.58. The van der Waals surface area contributed by atoms with Crippen LogP contribution in [0.5, 0.6) is 0 Å². The van der Waals surface area contributed by atoms with E-state index in [2.05, 4.69) is 16.6 Å². The molecule has 1 aromatic rings. The third kappa shape index (κ3) is 3.90. The molecule has 1 atom stereocenters. The van der Waals surface area contributed by atoms with Crippen molar-refractivity contribution in [2.75, 3.05) is 7.11 Å². The second-order valence-corrected chi connectivity index (χ2v) is 4.54. The van der Waals surface area contributed by atoms with E-state index < -0.39 is 0 Å². The Kier molecular flexibility index (Phi) is 5.42. The van der Waals surface area contributed by atoms with Crippen LogP contribution in [0.25, 0.3) is 0 Å². The van der Waals surface area contributed by atoms with Gasteiger partial charge in [-0.25, -0.2) is 4.98 Å². The minimum absolute atomic E-state index is 0.0295. The highest BCUT2D eigenvalue weighted by atomic mass is 32.1. The van der Waals surface area contributed by atoms with E-state index in [1.54, 1.807) is 11.3 Å². The minimum Gasteiger partial charge on any atom is -0.469 e. The lowest BCUT2D eigenvalue weighted by Crippen LogP contribution is -2.09. The zero-order chi connectivity index (χ0) is 12.0. The van der Waals surface area contributed by atoms with Crippen LogP contribution in [0, 0.1) is 0 Å². The Balaban J connectivity index is 2.48. The number of thiazole rings is 1. The van der Waals surface area contributed by atoms with Crippen LogP contribution in [0.1, 0.15) is 42.9 Å². The maximum atomic E-state index is 11.0. The largest absolute Gasteiger partial charge is 0.469 e. The smallest absolute Gasteiger partial charge is 0.305 e. The molecule has 0 aromatic carbocycles. The van der Waals surface area contributed by atoms with Crippen LogP contribution in [0.3, 0.4) is 0 Å². The van der Waals surface area contributed by atoms with E-state index >= 15 is 0 Å². The molecule has 90 valence electrons. The number of carbonyl (C=O) groups excluding carboxylic acids is 1. The highest BCUT2D eigenvalue weighted by molar-refractivity contribution is 7.09. The summed E-state index contributed by atoms with van der Waals surface area (Å²) in [7, 11) is 1.39. The number of nitrogens with zero attached hydrogens (tertiary/aromatic N) is 1. The molecule has 1 heterocycles. The lowest BCUT2D eigenvalue weighted by atomic mass is 10.2. The van der Waals surface area contributed by atoms with Gasteiger partial charge in [0, 0.05) is 11.8 Å². The summed E-state index contributed by atoms with van der Waals surface area (Å²) in [6, 6.07) is 0.0295. The first-order chi connectivity index (χ1) is 7.67. The van der Waals surface area contributed by atoms with Crippen LogP contribution < -0.4 is 5.73 Å². The van der Waals surface area contributed by atoms with Crippen molar-refractivity contribution in [3.05, 3.63) is 16.1 Å². The summed E-state index contributed by atoms with van der Waals surface area (Å²) in [5.41, 5.74) is 6.88. The van der Waals surface area contributed by atoms with Gasteiger partial charge in [-0.3, -0.25) is 4.79 Å². The Labute approximate surface area is 99.8 Å². The Bertz CT molecular complexity index is 338. The fraction of sp³-hybridized carbons (Fsp3) is 0.636. The molecule has 16 heavy (non-hydrogen) atoms. The van der Waals surface area contributed by atoms with Crippen molar-refractivity contribution in [1.82, 2.24) is 4.98 Å². The fourth-order valence-corrected chi connectivity index (χ4v) is 2.26. The molecule has 0 saturated heterocycles. The summed E-state index contributed by atoms with van der Waals surface area (Å²) in [6.45, 7) is 2.10. The van der Waals surface area contributed by atoms with Crippen molar-refractivity contribution in [1.29, 1.82) is 0 Å². The van der Waals surface area contributed by atoms with Gasteiger partial charge in [0.2, 0.25) is 0 Å². The van der Waals surface area contributed by atoms with Gasteiger partial charge in [-0.15, -0.1) is 11.3 Å². The molecule has 0 radical (unpaired) electrons. The van der Waals surface area contributed by atoms with Crippen molar-refractivity contribution in [3.63, 3.8) is 0 Å². The van der Waals surface area contributed by atoms with Crippen LogP contribution in [0.2, 0.25) is 0 Å². The van der Waals surface area contributed by atoms with Crippen LogP contribution >= 0.6 is 11.3 Å². The summed E-state index contributed by atoms with van der Waals surface area (Å²) in [6.07, 6.45) is 3.01. The van der Waals surface area contributed by atoms with E-state index in [9.17, 15) is 4.79 Å². The first kappa shape index (κ1) is 13.1. The molecule has 4 nitrogen and oxygen atoms in total. The van der Waals surface area contributed by atoms with Gasteiger partial charge in [-0.1, -0.05) is 13.3 Å². The number of aryl methyl sites for hydroxylation is 1. The average molecular weight is 242 g/mol. The molecule has 1 rings (SSSR count). The van der Waals surface area contributed by atoms with Crippen molar-refractivity contribution < 1.29 is 9.53 Å². The molecule has 0 aliphatic rings. The van der Waals surface area contributed by atoms with E-state index in [0.717, 1.165) is 23.5 Å². The Morgan fingerprint density at radius 2 is 2.44 bits per heavy atom. The molecule has 2 N–H and O–H groups in total. The maximum absolute atomic E-state index is 11.0. The molecule has 1 unspecified atom stereocenters. The fourth-order valence-electron chi connectivity index (χ4n) is 1.37. The molecular formula is C11H18N2O2S. The number of esters is 1. The number of carbonyl (C=O) groups is 1. The highest BCUT2D eigenvalue weighted by Crippen LogP contribution is 2.20. The second-order valence-electron chi connectivity index (χ2n) is 3.65. The lowest BCUT2D eigenvalue weighted by Gasteiger charge is -2.04. The molecule has 0 fully saturated rings. The maximum Gasteiger partial charge on any atom is 0.305 e. The third-order valence-electron chi connectivity index (χ3n) is 2.30. The van der Waals surface area contributed by atoms with E-state index in [0.29, 0.717) is 12.8 Å². The number of nitrogens with two attached hydrogens (primary N) is 1. The molecule has 0 amide bonds. The van der Waals surface area contributed by atoms with Crippen molar-refractivity contribution in [2.24, 2.45) is 5.73 Å². The van der Waals surface area contributed by atoms with E-state index in [4.69, 9.17) is 5.73 Å². The first-order valence-corrected chi connectivity index (χ1v) is 6.32. The predicted molar refractivity (Wildman–Crippen MR) is 64.3 cm³/mol. The van der Waals surface area contributed by atoms with E-state index in [1.807, 2.05) is 5.38 Å². The van der Waals surface area contributed by atoms with Crippen molar-refractivity contribution >= 4 is 17.3 Å². The molecule has 5 heteroatoms. The summed E-state index contributed by atoms with van der Waals surface area (Å²) in [4.78, 5) is 15.4. The number of ether oxygens (including phenoxy) is 1. The van der Waals surface area contributed by atoms with Crippen LogP contribution in [0.15, 0.2) is 5.38 Å². The van der Waals surface area contributed by atoms with Crippen molar-refractivity contribution in [3.8, 4) is 0 Å². The predicted octanol–water partition coefficient (Wildman–Crippen LogP) is 2.05. The average Bonchev–Trinajstić information content (AvgIpc) is 2.75. The normalized spacial score (nSPS) is 12.4. The van der Waals surface area contributed by atoms with Crippen LogP contribution in [-0.2, 0) is 16.0 Å². The molecule has 0 saturated carbocycles. The van der Waals surface area contributed by atoms with Gasteiger partial charge in [0.05, 0.1) is 25.3 Å². The molecule has 0 spiro atoms. The van der Waals surface area contributed by atoms with Crippen LogP contribution in [0.4, 0.5) is 0 Å². The summed E-state index contributed by atoms with van der Waals surface area (Å²) in [5, 5.41) is 2.93. The summed E-state index contributed by atoms with van der Waals surface area (Å²) in [5.74, 6) is -0.201. The SMILES string of the molecule is CCCC(N)c1nc(CCC(=O)OC)cs1. The zero-order valence-corrected chi connectivity index (χ0v) is 10.5. The van der Waals surface area contributed by atoms with E-state index in [-0.39, 0.29) is 12.0 Å². The van der Waals surface area contributed by atoms with Gasteiger partial charge in [-0.2, -0.15) is 0 Å². The standard InChI is InChI=1S/C11H18N2O2S/c1-3-4-9(12)11-13-8(7-16-11)5-6-10(14)15-2/h7,9H,3-6,12H2,1-2H3. The molecule has 1 aromatic heterocycles. The third-order valence-corrected chi connectivity index (χ3v) is 3.32. The highest BCUT2D eigenvalue weighted by Gasteiger charge is 2.10. The van der Waals surface area contributed by atoms with Gasteiger partial charge in [0.1, 0.15) is 5.01 Å². The Morgan fingerprint density at radius 1 is 1.69 bits per heavy atom. The number of methoxy groups -OCH3 is 1. The quantitative estimate of drug-likeness (QED) is 0.775. The number of hydrogen-bond acceptors (Lipinski definition) is 5. The van der Waals surface area contributed by atoms with Gasteiger partial charge < -0.3 is 10.5 Å². The molecule has 0 bridgehead atoms. The number of aromatic nitrogens is 1. The van der Waals surface area contributed by atoms with Gasteiger partial charge in [0.15, 0.2) is 0 Å². The number of rotatable bonds is 6. The topological polar surface area (TPSA) is 65.2 Å². The first-order valence-electron chi connectivity index (χ1n) is 5.44. The second kappa shape index (κ2) is 6.60. The van der Waals surface area contributed by atoms with Gasteiger partial charge in [0.25, 0.3) is 0 Å². The molecular weight excluding hydrogens is 224 g/mol. The molecule has 0 aliphatic heterocycles. The lowest BCUT2D eigenvalue weighted by molar-refractivity contribution is -0.140. The Hall–Kier alpha value is -0.940. The van der Waals surface area contributed by atoms with Gasteiger partial charge >= 0.3 is 5.97 Å². The van der Waals surface area contributed by atoms with Crippen molar-refractivity contribution in [2.45, 2.75) is 38.6 Å². The monoisotopic (exact) mass is 242 g/mol. The zero-order valence-electron chi connectivity index (χ0n) is 9.73. The Morgan fingerprint density at radius 3 is 3.06 bits per heavy atom. The molecule has 0 aliphatic carbocycles.